The topological polar surface area (TPSA) is 68.0 Å². The van der Waals surface area contributed by atoms with Crippen LogP contribution in [0.5, 0.6) is 0 Å². The summed E-state index contributed by atoms with van der Waals surface area (Å²) in [5.74, 6) is 1.02. The highest BCUT2D eigenvalue weighted by atomic mass is 16.4. The Morgan fingerprint density at radius 3 is 2.64 bits per heavy atom. The quantitative estimate of drug-likeness (QED) is 0.774. The van der Waals surface area contributed by atoms with Crippen LogP contribution in [0.1, 0.15) is 25.0 Å². The van der Waals surface area contributed by atoms with Crippen LogP contribution in [0.25, 0.3) is 0 Å². The Labute approximate surface area is 82.8 Å². The smallest absolute Gasteiger partial charge is 0.303 e. The lowest BCUT2D eigenvalue weighted by Crippen LogP contribution is -2.10. The lowest BCUT2D eigenvalue weighted by molar-refractivity contribution is -0.137. The first-order valence-electron chi connectivity index (χ1n) is 4.57. The Kier molecular flexibility index (Phi) is 3.22. The van der Waals surface area contributed by atoms with E-state index in [4.69, 9.17) is 5.11 Å². The number of nitrogens with zero attached hydrogens (tertiary/aromatic N) is 3. The van der Waals surface area contributed by atoms with Gasteiger partial charge >= 0.3 is 5.97 Å². The van der Waals surface area contributed by atoms with Crippen LogP contribution in [0, 0.1) is 12.8 Å². The van der Waals surface area contributed by atoms with Crippen LogP contribution in [-0.4, -0.2) is 25.8 Å². The molecule has 0 bridgehead atoms. The van der Waals surface area contributed by atoms with Crippen LogP contribution in [-0.2, 0) is 18.3 Å². The van der Waals surface area contributed by atoms with Crippen LogP contribution < -0.4 is 0 Å². The number of aliphatic carboxylic acids is 1. The molecule has 1 atom stereocenters. The number of aryl methyl sites for hydroxylation is 1. The summed E-state index contributed by atoms with van der Waals surface area (Å²) in [6.07, 6.45) is 0.829. The van der Waals surface area contributed by atoms with Crippen molar-refractivity contribution in [3.63, 3.8) is 0 Å². The first kappa shape index (κ1) is 10.7. The monoisotopic (exact) mass is 197 g/mol. The maximum Gasteiger partial charge on any atom is 0.303 e. The fourth-order valence-electron chi connectivity index (χ4n) is 1.31. The highest BCUT2D eigenvalue weighted by Crippen LogP contribution is 2.10. The predicted molar refractivity (Wildman–Crippen MR) is 50.9 cm³/mol. The lowest BCUT2D eigenvalue weighted by Gasteiger charge is -2.07. The van der Waals surface area contributed by atoms with Crippen LogP contribution in [0.15, 0.2) is 0 Å². The standard InChI is InChI=1S/C9H15N3O2/c1-6(5-9(13)14)4-8-11-10-7(2)12(8)3/h6H,4-5H2,1-3H3,(H,13,14). The molecule has 1 rings (SSSR count). The van der Waals surface area contributed by atoms with E-state index in [1.54, 1.807) is 0 Å². The molecule has 0 spiro atoms. The van der Waals surface area contributed by atoms with Gasteiger partial charge in [0.05, 0.1) is 0 Å². The minimum Gasteiger partial charge on any atom is -0.481 e. The molecule has 5 heteroatoms. The van der Waals surface area contributed by atoms with Crippen molar-refractivity contribution in [2.45, 2.75) is 26.7 Å². The highest BCUT2D eigenvalue weighted by Gasteiger charge is 2.12. The molecule has 0 radical (unpaired) electrons. The molecule has 78 valence electrons. The fourth-order valence-corrected chi connectivity index (χ4v) is 1.31. The van der Waals surface area contributed by atoms with Crippen molar-refractivity contribution in [3.05, 3.63) is 11.6 Å². The van der Waals surface area contributed by atoms with E-state index in [-0.39, 0.29) is 12.3 Å². The van der Waals surface area contributed by atoms with Crippen LogP contribution in [0.2, 0.25) is 0 Å². The predicted octanol–water partition coefficient (Wildman–Crippen LogP) is 0.777. The summed E-state index contributed by atoms with van der Waals surface area (Å²) >= 11 is 0. The molecule has 1 unspecified atom stereocenters. The van der Waals surface area contributed by atoms with Gasteiger partial charge in [-0.15, -0.1) is 10.2 Å². The van der Waals surface area contributed by atoms with Gasteiger partial charge in [0.1, 0.15) is 11.6 Å². The van der Waals surface area contributed by atoms with Crippen molar-refractivity contribution in [1.29, 1.82) is 0 Å². The molecular formula is C9H15N3O2. The summed E-state index contributed by atoms with van der Waals surface area (Å²) in [5.41, 5.74) is 0. The zero-order valence-corrected chi connectivity index (χ0v) is 8.69. The van der Waals surface area contributed by atoms with Gasteiger partial charge in [0.15, 0.2) is 0 Å². The Hall–Kier alpha value is -1.39. The molecular weight excluding hydrogens is 182 g/mol. The van der Waals surface area contributed by atoms with Gasteiger partial charge in [0, 0.05) is 19.9 Å². The summed E-state index contributed by atoms with van der Waals surface area (Å²) < 4.78 is 1.89. The maximum atomic E-state index is 10.4. The third kappa shape index (κ3) is 2.55. The number of carboxylic acid groups (broad SMARTS) is 1. The minimum atomic E-state index is -0.767. The second-order valence-corrected chi connectivity index (χ2v) is 3.63. The molecule has 14 heavy (non-hydrogen) atoms. The van der Waals surface area contributed by atoms with Crippen molar-refractivity contribution in [1.82, 2.24) is 14.8 Å². The van der Waals surface area contributed by atoms with E-state index < -0.39 is 5.97 Å². The van der Waals surface area contributed by atoms with Gasteiger partial charge in [-0.3, -0.25) is 4.79 Å². The zero-order chi connectivity index (χ0) is 10.7. The number of carbonyl (C=O) groups is 1. The second kappa shape index (κ2) is 4.21. The number of hydrogen-bond acceptors (Lipinski definition) is 3. The molecule has 0 amide bonds. The van der Waals surface area contributed by atoms with Gasteiger partial charge in [-0.25, -0.2) is 0 Å². The minimum absolute atomic E-state index is 0.0924. The van der Waals surface area contributed by atoms with E-state index in [1.165, 1.54) is 0 Å². The molecule has 1 aromatic heterocycles. The Morgan fingerprint density at radius 1 is 1.57 bits per heavy atom. The fraction of sp³-hybridized carbons (Fsp3) is 0.667. The van der Waals surface area contributed by atoms with Gasteiger partial charge in [0.2, 0.25) is 0 Å². The summed E-state index contributed by atoms with van der Waals surface area (Å²) in [5, 5.41) is 16.5. The first-order valence-corrected chi connectivity index (χ1v) is 4.57. The number of aromatic nitrogens is 3. The number of hydrogen-bond donors (Lipinski definition) is 1. The van der Waals surface area contributed by atoms with Crippen LogP contribution in [0.4, 0.5) is 0 Å². The van der Waals surface area contributed by atoms with E-state index >= 15 is 0 Å². The highest BCUT2D eigenvalue weighted by molar-refractivity contribution is 5.66. The van der Waals surface area contributed by atoms with Crippen molar-refractivity contribution in [3.8, 4) is 0 Å². The normalized spacial score (nSPS) is 12.8. The van der Waals surface area contributed by atoms with E-state index in [0.29, 0.717) is 6.42 Å². The van der Waals surface area contributed by atoms with Gasteiger partial charge in [-0.2, -0.15) is 0 Å². The zero-order valence-electron chi connectivity index (χ0n) is 8.69. The van der Waals surface area contributed by atoms with Gasteiger partial charge in [-0.1, -0.05) is 6.92 Å². The van der Waals surface area contributed by atoms with Gasteiger partial charge in [0.25, 0.3) is 0 Å². The number of rotatable bonds is 4. The first-order chi connectivity index (χ1) is 6.50. The summed E-state index contributed by atoms with van der Waals surface area (Å²) in [4.78, 5) is 10.4. The lowest BCUT2D eigenvalue weighted by atomic mass is 10.0. The molecule has 0 aliphatic heterocycles. The number of carboxylic acids is 1. The molecule has 1 N–H and O–H groups in total. The van der Waals surface area contributed by atoms with E-state index in [2.05, 4.69) is 10.2 Å². The Morgan fingerprint density at radius 2 is 2.21 bits per heavy atom. The molecule has 0 saturated carbocycles. The molecule has 0 saturated heterocycles. The van der Waals surface area contributed by atoms with Crippen LogP contribution in [0.3, 0.4) is 0 Å². The maximum absolute atomic E-state index is 10.4. The summed E-state index contributed by atoms with van der Waals surface area (Å²) in [6.45, 7) is 3.77. The molecule has 1 aromatic rings. The van der Waals surface area contributed by atoms with E-state index in [0.717, 1.165) is 11.6 Å². The van der Waals surface area contributed by atoms with Crippen LogP contribution >= 0.6 is 0 Å². The van der Waals surface area contributed by atoms with E-state index in [1.807, 2.05) is 25.5 Å². The van der Waals surface area contributed by atoms with E-state index in [9.17, 15) is 4.79 Å². The van der Waals surface area contributed by atoms with Crippen molar-refractivity contribution < 1.29 is 9.90 Å². The molecule has 0 fully saturated rings. The third-order valence-electron chi connectivity index (χ3n) is 2.24. The molecule has 0 aliphatic rings. The van der Waals surface area contributed by atoms with Crippen molar-refractivity contribution >= 4 is 5.97 Å². The van der Waals surface area contributed by atoms with Gasteiger partial charge < -0.3 is 9.67 Å². The largest absolute Gasteiger partial charge is 0.481 e. The molecule has 0 aliphatic carbocycles. The molecule has 0 aromatic carbocycles. The summed E-state index contributed by atoms with van der Waals surface area (Å²) in [6, 6.07) is 0. The molecule has 1 heterocycles. The van der Waals surface area contributed by atoms with Crippen molar-refractivity contribution in [2.75, 3.05) is 0 Å². The second-order valence-electron chi connectivity index (χ2n) is 3.63. The summed E-state index contributed by atoms with van der Waals surface area (Å²) in [7, 11) is 1.89. The van der Waals surface area contributed by atoms with Gasteiger partial charge in [-0.05, 0) is 12.8 Å². The SMILES string of the molecule is Cc1nnc(CC(C)CC(=O)O)n1C. The molecule has 5 nitrogen and oxygen atoms in total. The Balaban J connectivity index is 2.60. The third-order valence-corrected chi connectivity index (χ3v) is 2.24. The Bertz CT molecular complexity index is 333. The average molecular weight is 197 g/mol. The average Bonchev–Trinajstić information content (AvgIpc) is 2.34. The van der Waals surface area contributed by atoms with Crippen molar-refractivity contribution in [2.24, 2.45) is 13.0 Å².